The summed E-state index contributed by atoms with van der Waals surface area (Å²) in [6.45, 7) is 7.47. The van der Waals surface area contributed by atoms with Crippen molar-refractivity contribution in [3.8, 4) is 18.1 Å². The minimum absolute atomic E-state index is 0.0256. The molecule has 1 saturated heterocycles. The molecule has 0 amide bonds. The number of aryl methyl sites for hydroxylation is 1. The number of benzene rings is 1. The standard InChI is InChI=1S/C23H31NO5S/c1-6-17-9-7-11-19(17)28-20-15-16(2)12-13-21(20)30(26,27)24-14-8-10-18(24)22(25)29-23(3,4)5/h1,12-13,15,17-19H,7-11,14H2,2-5H3/t17-,18+,19+/m1/s1. The average molecular weight is 434 g/mol. The van der Waals surface area contributed by atoms with Gasteiger partial charge in [0.25, 0.3) is 0 Å². The van der Waals surface area contributed by atoms with Crippen LogP contribution >= 0.6 is 0 Å². The Morgan fingerprint density at radius 2 is 1.93 bits per heavy atom. The van der Waals surface area contributed by atoms with Crippen molar-refractivity contribution in [1.82, 2.24) is 4.31 Å². The lowest BCUT2D eigenvalue weighted by Crippen LogP contribution is -2.43. The minimum atomic E-state index is -3.95. The predicted molar refractivity (Wildman–Crippen MR) is 115 cm³/mol. The second-order valence-electron chi connectivity index (χ2n) is 9.12. The van der Waals surface area contributed by atoms with E-state index in [-0.39, 0.29) is 23.5 Å². The number of carbonyl (C=O) groups excluding carboxylic acids is 1. The van der Waals surface area contributed by atoms with Gasteiger partial charge in [0, 0.05) is 6.54 Å². The predicted octanol–water partition coefficient (Wildman–Crippen LogP) is 3.67. The van der Waals surface area contributed by atoms with Crippen LogP contribution in [0, 0.1) is 25.2 Å². The third kappa shape index (κ3) is 4.81. The smallest absolute Gasteiger partial charge is 0.324 e. The molecule has 2 fully saturated rings. The van der Waals surface area contributed by atoms with Crippen molar-refractivity contribution in [2.75, 3.05) is 6.54 Å². The van der Waals surface area contributed by atoms with Crippen molar-refractivity contribution < 1.29 is 22.7 Å². The van der Waals surface area contributed by atoms with E-state index in [1.54, 1.807) is 39.0 Å². The highest BCUT2D eigenvalue weighted by Crippen LogP contribution is 2.36. The molecule has 2 aliphatic rings. The van der Waals surface area contributed by atoms with Crippen LogP contribution in [-0.4, -0.2) is 43.0 Å². The number of hydrogen-bond acceptors (Lipinski definition) is 5. The number of hydrogen-bond donors (Lipinski definition) is 0. The van der Waals surface area contributed by atoms with Crippen LogP contribution in [0.4, 0.5) is 0 Å². The molecule has 30 heavy (non-hydrogen) atoms. The molecule has 1 aromatic carbocycles. The molecule has 6 nitrogen and oxygen atoms in total. The maximum Gasteiger partial charge on any atom is 0.324 e. The van der Waals surface area contributed by atoms with E-state index in [0.29, 0.717) is 18.6 Å². The fourth-order valence-electron chi connectivity index (χ4n) is 4.10. The monoisotopic (exact) mass is 433 g/mol. The van der Waals surface area contributed by atoms with Crippen molar-refractivity contribution >= 4 is 16.0 Å². The van der Waals surface area contributed by atoms with Crippen LogP contribution in [0.2, 0.25) is 0 Å². The third-order valence-corrected chi connectivity index (χ3v) is 7.46. The molecule has 164 valence electrons. The fraction of sp³-hybridized carbons (Fsp3) is 0.609. The topological polar surface area (TPSA) is 72.9 Å². The van der Waals surface area contributed by atoms with Crippen LogP contribution in [0.25, 0.3) is 0 Å². The van der Waals surface area contributed by atoms with Crippen molar-refractivity contribution in [3.05, 3.63) is 23.8 Å². The van der Waals surface area contributed by atoms with E-state index in [4.69, 9.17) is 15.9 Å². The van der Waals surface area contributed by atoms with Crippen LogP contribution in [-0.2, 0) is 19.6 Å². The zero-order chi connectivity index (χ0) is 22.1. The fourth-order valence-corrected chi connectivity index (χ4v) is 5.85. The number of carbonyl (C=O) groups is 1. The van der Waals surface area contributed by atoms with Gasteiger partial charge in [-0.05, 0) is 77.5 Å². The number of rotatable bonds is 5. The molecule has 0 spiro atoms. The average Bonchev–Trinajstić information content (AvgIpc) is 3.29. The first-order chi connectivity index (χ1) is 14.0. The van der Waals surface area contributed by atoms with Gasteiger partial charge in [0.05, 0.1) is 5.92 Å². The Bertz CT molecular complexity index is 941. The van der Waals surface area contributed by atoms with E-state index < -0.39 is 27.6 Å². The second-order valence-corrected chi connectivity index (χ2v) is 11.0. The van der Waals surface area contributed by atoms with Crippen LogP contribution in [0.5, 0.6) is 5.75 Å². The molecule has 0 bridgehead atoms. The summed E-state index contributed by atoms with van der Waals surface area (Å²) in [7, 11) is -3.95. The molecule has 1 aliphatic carbocycles. The molecule has 3 rings (SSSR count). The SMILES string of the molecule is C#C[C@@H]1CCC[C@@H]1Oc1cc(C)ccc1S(=O)(=O)N1CCC[C@H]1C(=O)OC(C)(C)C. The maximum absolute atomic E-state index is 13.6. The van der Waals surface area contributed by atoms with Gasteiger partial charge in [0.15, 0.2) is 0 Å². The first-order valence-electron chi connectivity index (χ1n) is 10.5. The Kier molecular flexibility index (Phi) is 6.49. The highest BCUT2D eigenvalue weighted by Gasteiger charge is 2.43. The Hall–Kier alpha value is -2.04. The van der Waals surface area contributed by atoms with Gasteiger partial charge in [-0.1, -0.05) is 12.0 Å². The van der Waals surface area contributed by atoms with Crippen LogP contribution in [0.3, 0.4) is 0 Å². The van der Waals surface area contributed by atoms with E-state index in [0.717, 1.165) is 24.8 Å². The maximum atomic E-state index is 13.6. The van der Waals surface area contributed by atoms with Gasteiger partial charge in [0.1, 0.15) is 28.4 Å². The van der Waals surface area contributed by atoms with Crippen molar-refractivity contribution in [2.45, 2.75) is 82.4 Å². The second kappa shape index (κ2) is 8.60. The van der Waals surface area contributed by atoms with Gasteiger partial charge in [-0.15, -0.1) is 6.42 Å². The molecule has 1 aromatic rings. The van der Waals surface area contributed by atoms with Gasteiger partial charge >= 0.3 is 5.97 Å². The van der Waals surface area contributed by atoms with Crippen molar-refractivity contribution in [2.24, 2.45) is 5.92 Å². The zero-order valence-corrected chi connectivity index (χ0v) is 19.0. The number of sulfonamides is 1. The van der Waals surface area contributed by atoms with Gasteiger partial charge in [-0.3, -0.25) is 4.79 Å². The van der Waals surface area contributed by atoms with Gasteiger partial charge in [-0.25, -0.2) is 8.42 Å². The summed E-state index contributed by atoms with van der Waals surface area (Å²) in [4.78, 5) is 12.7. The highest BCUT2D eigenvalue weighted by molar-refractivity contribution is 7.89. The largest absolute Gasteiger partial charge is 0.488 e. The zero-order valence-electron chi connectivity index (χ0n) is 18.2. The van der Waals surface area contributed by atoms with E-state index in [1.165, 1.54) is 4.31 Å². The molecule has 3 atom stereocenters. The first kappa shape index (κ1) is 22.6. The first-order valence-corrected chi connectivity index (χ1v) is 11.9. The highest BCUT2D eigenvalue weighted by atomic mass is 32.2. The molecule has 0 aromatic heterocycles. The number of terminal acetylenes is 1. The lowest BCUT2D eigenvalue weighted by atomic mass is 10.1. The molecule has 0 N–H and O–H groups in total. The minimum Gasteiger partial charge on any atom is -0.488 e. The molecule has 1 saturated carbocycles. The third-order valence-electron chi connectivity index (χ3n) is 5.51. The van der Waals surface area contributed by atoms with E-state index in [2.05, 4.69) is 5.92 Å². The van der Waals surface area contributed by atoms with Crippen LogP contribution < -0.4 is 4.74 Å². The van der Waals surface area contributed by atoms with E-state index in [1.807, 2.05) is 6.92 Å². The van der Waals surface area contributed by atoms with Gasteiger partial charge in [0.2, 0.25) is 10.0 Å². The van der Waals surface area contributed by atoms with Gasteiger partial charge < -0.3 is 9.47 Å². The van der Waals surface area contributed by atoms with E-state index >= 15 is 0 Å². The summed E-state index contributed by atoms with van der Waals surface area (Å²) in [6, 6.07) is 4.21. The molecular formula is C23H31NO5S. The molecule has 1 heterocycles. The molecule has 0 radical (unpaired) electrons. The number of nitrogens with zero attached hydrogens (tertiary/aromatic N) is 1. The summed E-state index contributed by atoms with van der Waals surface area (Å²) in [5.41, 5.74) is 0.212. The normalized spacial score (nSPS) is 25.1. The summed E-state index contributed by atoms with van der Waals surface area (Å²) in [6.07, 6.45) is 9.10. The number of esters is 1. The molecule has 7 heteroatoms. The Morgan fingerprint density at radius 3 is 2.60 bits per heavy atom. The summed E-state index contributed by atoms with van der Waals surface area (Å²) in [5.74, 6) is 2.52. The van der Waals surface area contributed by atoms with Crippen LogP contribution in [0.15, 0.2) is 23.1 Å². The summed E-state index contributed by atoms with van der Waals surface area (Å²) in [5, 5.41) is 0. The molecule has 1 aliphatic heterocycles. The Balaban J connectivity index is 1.92. The number of ether oxygens (including phenoxy) is 2. The van der Waals surface area contributed by atoms with Crippen LogP contribution in [0.1, 0.15) is 58.4 Å². The lowest BCUT2D eigenvalue weighted by Gasteiger charge is -2.28. The summed E-state index contributed by atoms with van der Waals surface area (Å²) < 4.78 is 40.0. The van der Waals surface area contributed by atoms with Crippen molar-refractivity contribution in [1.29, 1.82) is 0 Å². The molecule has 0 unspecified atom stereocenters. The molecular weight excluding hydrogens is 402 g/mol. The lowest BCUT2D eigenvalue weighted by molar-refractivity contribution is -0.158. The van der Waals surface area contributed by atoms with Crippen molar-refractivity contribution in [3.63, 3.8) is 0 Å². The quantitative estimate of drug-likeness (QED) is 0.523. The summed E-state index contributed by atoms with van der Waals surface area (Å²) >= 11 is 0. The van der Waals surface area contributed by atoms with Gasteiger partial charge in [-0.2, -0.15) is 4.31 Å². The van der Waals surface area contributed by atoms with E-state index in [9.17, 15) is 13.2 Å². The Morgan fingerprint density at radius 1 is 1.20 bits per heavy atom. The Labute approximate surface area is 180 Å².